The molecule has 1 atom stereocenters. The molecule has 3 heterocycles. The molecule has 4 aromatic rings. The first-order valence-electron chi connectivity index (χ1n) is 10.9. The van der Waals surface area contributed by atoms with Crippen molar-refractivity contribution in [2.75, 3.05) is 6.54 Å². The second kappa shape index (κ2) is 8.12. The smallest absolute Gasteiger partial charge is 0.256 e. The van der Waals surface area contributed by atoms with Crippen molar-refractivity contribution < 1.29 is 4.79 Å². The Morgan fingerprint density at radius 2 is 1.91 bits per heavy atom. The van der Waals surface area contributed by atoms with Crippen LogP contribution in [0.5, 0.6) is 0 Å². The molecule has 5 rings (SSSR count). The third-order valence-corrected chi connectivity index (χ3v) is 6.83. The second-order valence-corrected chi connectivity index (χ2v) is 9.02. The number of hydrogen-bond donors (Lipinski definition) is 1. The lowest BCUT2D eigenvalue weighted by Crippen LogP contribution is -2.44. The molecule has 9 heteroatoms. The Labute approximate surface area is 196 Å². The molecule has 2 aromatic carbocycles. The number of rotatable bonds is 4. The fraction of sp³-hybridized carbons (Fsp3) is 0.292. The predicted molar refractivity (Wildman–Crippen MR) is 125 cm³/mol. The molecule has 8 nitrogen and oxygen atoms in total. The van der Waals surface area contributed by atoms with Gasteiger partial charge in [-0.15, -0.1) is 10.2 Å². The zero-order valence-electron chi connectivity index (χ0n) is 18.7. The summed E-state index contributed by atoms with van der Waals surface area (Å²) in [6.07, 6.45) is 4.85. The van der Waals surface area contributed by atoms with Gasteiger partial charge in [-0.1, -0.05) is 29.8 Å². The number of H-pyrrole nitrogens is 1. The number of aromatic amines is 1. The first-order chi connectivity index (χ1) is 15.9. The number of carbonyl (C=O) groups excluding carboxylic acids is 1. The van der Waals surface area contributed by atoms with Crippen LogP contribution in [0.2, 0.25) is 5.02 Å². The van der Waals surface area contributed by atoms with Crippen LogP contribution < -0.4 is 0 Å². The monoisotopic (exact) mass is 461 g/mol. The van der Waals surface area contributed by atoms with Gasteiger partial charge in [-0.3, -0.25) is 4.79 Å². The number of carbonyl (C=O) groups is 1. The van der Waals surface area contributed by atoms with E-state index in [1.54, 1.807) is 12.4 Å². The molecule has 1 aliphatic heterocycles. The van der Waals surface area contributed by atoms with Crippen molar-refractivity contribution in [1.29, 1.82) is 0 Å². The van der Waals surface area contributed by atoms with Crippen LogP contribution in [0.3, 0.4) is 0 Å². The molecule has 2 aromatic heterocycles. The maximum absolute atomic E-state index is 13.8. The van der Waals surface area contributed by atoms with E-state index in [1.165, 1.54) is 4.80 Å². The van der Waals surface area contributed by atoms with Gasteiger partial charge in [0.25, 0.3) is 5.91 Å². The molecule has 1 N–H and O–H groups in total. The van der Waals surface area contributed by atoms with Gasteiger partial charge in [-0.05, 0) is 62.9 Å². The Morgan fingerprint density at radius 3 is 2.70 bits per heavy atom. The minimum atomic E-state index is -0.617. The van der Waals surface area contributed by atoms with Gasteiger partial charge < -0.3 is 9.88 Å². The topological polar surface area (TPSA) is 92.6 Å². The van der Waals surface area contributed by atoms with Crippen LogP contribution in [0.25, 0.3) is 17.1 Å². The van der Waals surface area contributed by atoms with Crippen LogP contribution in [-0.4, -0.2) is 47.5 Å². The molecule has 0 bridgehead atoms. The van der Waals surface area contributed by atoms with Crippen molar-refractivity contribution >= 4 is 17.5 Å². The predicted octanol–water partition coefficient (Wildman–Crippen LogP) is 4.47. The quantitative estimate of drug-likeness (QED) is 0.484. The fourth-order valence-corrected chi connectivity index (χ4v) is 4.67. The van der Waals surface area contributed by atoms with Crippen LogP contribution in [0.1, 0.15) is 47.1 Å². The maximum Gasteiger partial charge on any atom is 0.256 e. The molecular weight excluding hydrogens is 438 g/mol. The van der Waals surface area contributed by atoms with Crippen molar-refractivity contribution in [2.45, 2.75) is 39.2 Å². The van der Waals surface area contributed by atoms with E-state index in [0.29, 0.717) is 34.5 Å². The van der Waals surface area contributed by atoms with Crippen LogP contribution in [0, 0.1) is 13.8 Å². The van der Waals surface area contributed by atoms with E-state index in [9.17, 15) is 4.79 Å². The summed E-state index contributed by atoms with van der Waals surface area (Å²) in [6, 6.07) is 11.4. The molecule has 1 unspecified atom stereocenters. The van der Waals surface area contributed by atoms with Gasteiger partial charge in [-0.25, -0.2) is 0 Å². The number of amides is 1. The van der Waals surface area contributed by atoms with Crippen molar-refractivity contribution in [2.24, 2.45) is 0 Å². The summed E-state index contributed by atoms with van der Waals surface area (Å²) in [5, 5.41) is 18.0. The van der Waals surface area contributed by atoms with Gasteiger partial charge in [-0.2, -0.15) is 15.0 Å². The highest BCUT2D eigenvalue weighted by atomic mass is 35.5. The van der Waals surface area contributed by atoms with E-state index in [2.05, 4.69) is 25.4 Å². The summed E-state index contributed by atoms with van der Waals surface area (Å²) in [4.78, 5) is 20.5. The summed E-state index contributed by atoms with van der Waals surface area (Å²) in [5.74, 6) is 1.22. The fourth-order valence-electron chi connectivity index (χ4n) is 4.50. The highest BCUT2D eigenvalue weighted by Gasteiger charge is 2.44. The Bertz CT molecular complexity index is 1330. The van der Waals surface area contributed by atoms with Crippen LogP contribution in [-0.2, 0) is 5.54 Å². The van der Waals surface area contributed by atoms with E-state index >= 15 is 0 Å². The van der Waals surface area contributed by atoms with Gasteiger partial charge in [0.15, 0.2) is 11.6 Å². The minimum Gasteiger partial charge on any atom is -0.326 e. The van der Waals surface area contributed by atoms with Gasteiger partial charge >= 0.3 is 0 Å². The number of halogens is 1. The van der Waals surface area contributed by atoms with E-state index in [-0.39, 0.29) is 5.91 Å². The summed E-state index contributed by atoms with van der Waals surface area (Å²) in [6.45, 7) is 6.60. The highest BCUT2D eigenvalue weighted by molar-refractivity contribution is 6.31. The SMILES string of the molecule is Cc1ccc(C(=O)N2CCCC2(C)c2nnc(-c3cccc(Cl)c3C)[nH]2)c(-n2nccn2)c1. The summed E-state index contributed by atoms with van der Waals surface area (Å²) < 4.78 is 0. The van der Waals surface area contributed by atoms with E-state index in [0.717, 1.165) is 29.5 Å². The lowest BCUT2D eigenvalue weighted by atomic mass is 9.96. The molecule has 0 radical (unpaired) electrons. The Morgan fingerprint density at radius 1 is 1.12 bits per heavy atom. The Kier molecular flexibility index (Phi) is 5.25. The normalized spacial score (nSPS) is 18.1. The van der Waals surface area contributed by atoms with Crippen LogP contribution in [0.4, 0.5) is 0 Å². The van der Waals surface area contributed by atoms with Crippen LogP contribution >= 0.6 is 11.6 Å². The Hall–Kier alpha value is -3.52. The van der Waals surface area contributed by atoms with Crippen molar-refractivity contribution in [1.82, 2.24) is 35.1 Å². The molecule has 168 valence electrons. The molecule has 1 fully saturated rings. The second-order valence-electron chi connectivity index (χ2n) is 8.61. The van der Waals surface area contributed by atoms with Crippen molar-refractivity contribution in [3.63, 3.8) is 0 Å². The summed E-state index contributed by atoms with van der Waals surface area (Å²) in [5.41, 5.74) is 3.45. The number of aryl methyl sites for hydroxylation is 1. The third kappa shape index (κ3) is 3.60. The van der Waals surface area contributed by atoms with E-state index in [4.69, 9.17) is 11.6 Å². The number of hydrogen-bond acceptors (Lipinski definition) is 5. The number of nitrogens with one attached hydrogen (secondary N) is 1. The van der Waals surface area contributed by atoms with Gasteiger partial charge in [0.2, 0.25) is 0 Å². The molecule has 1 saturated heterocycles. The number of aromatic nitrogens is 6. The van der Waals surface area contributed by atoms with Crippen molar-refractivity contribution in [3.8, 4) is 17.1 Å². The molecule has 0 saturated carbocycles. The molecule has 0 aliphatic carbocycles. The lowest BCUT2D eigenvalue weighted by molar-refractivity contribution is 0.0604. The first kappa shape index (κ1) is 21.3. The zero-order chi connectivity index (χ0) is 23.2. The van der Waals surface area contributed by atoms with Gasteiger partial charge in [0.1, 0.15) is 5.54 Å². The minimum absolute atomic E-state index is 0.0841. The molecule has 0 spiro atoms. The average molecular weight is 462 g/mol. The van der Waals surface area contributed by atoms with Gasteiger partial charge in [0, 0.05) is 17.1 Å². The molecule has 33 heavy (non-hydrogen) atoms. The molecular formula is C24H24ClN7O. The summed E-state index contributed by atoms with van der Waals surface area (Å²) >= 11 is 6.30. The maximum atomic E-state index is 13.8. The number of nitrogens with zero attached hydrogens (tertiary/aromatic N) is 6. The largest absolute Gasteiger partial charge is 0.326 e. The number of benzene rings is 2. The third-order valence-electron chi connectivity index (χ3n) is 6.42. The average Bonchev–Trinajstić information content (AvgIpc) is 3.56. The lowest BCUT2D eigenvalue weighted by Gasteiger charge is -2.33. The highest BCUT2D eigenvalue weighted by Crippen LogP contribution is 2.39. The standard InChI is InChI=1S/C24H24ClN7O/c1-15-8-9-18(20(14-15)32-26-11-12-27-32)22(33)31-13-5-10-24(31,3)23-28-21(29-30-23)17-6-4-7-19(25)16(17)2/h4,6-9,11-12,14H,5,10,13H2,1-3H3,(H,28,29,30). The molecule has 1 amide bonds. The first-order valence-corrected chi connectivity index (χ1v) is 11.2. The summed E-state index contributed by atoms with van der Waals surface area (Å²) in [7, 11) is 0. The van der Waals surface area contributed by atoms with E-state index in [1.807, 2.05) is 62.1 Å². The number of likely N-dealkylation sites (tertiary alicyclic amines) is 1. The Balaban J connectivity index is 1.52. The molecule has 1 aliphatic rings. The van der Waals surface area contributed by atoms with Gasteiger partial charge in [0.05, 0.1) is 23.6 Å². The zero-order valence-corrected chi connectivity index (χ0v) is 19.5. The van der Waals surface area contributed by atoms with Crippen LogP contribution in [0.15, 0.2) is 48.8 Å². The van der Waals surface area contributed by atoms with E-state index < -0.39 is 5.54 Å². The van der Waals surface area contributed by atoms with Crippen molar-refractivity contribution in [3.05, 3.63) is 76.3 Å².